The lowest BCUT2D eigenvalue weighted by atomic mass is 10.1. The molecular formula is C16H31N3O. The highest BCUT2D eigenvalue weighted by atomic mass is 16.5. The Morgan fingerprint density at radius 3 is 2.60 bits per heavy atom. The molecule has 0 aromatic carbocycles. The topological polar surface area (TPSA) is 39.1 Å². The van der Waals surface area contributed by atoms with Crippen molar-refractivity contribution < 1.29 is 4.74 Å². The predicted molar refractivity (Wildman–Crippen MR) is 84.1 cm³/mol. The fourth-order valence-electron chi connectivity index (χ4n) is 2.54. The van der Waals surface area contributed by atoms with Crippen LogP contribution in [0.4, 0.5) is 0 Å². The van der Waals surface area contributed by atoms with Crippen molar-refractivity contribution >= 4 is 0 Å². The van der Waals surface area contributed by atoms with Crippen molar-refractivity contribution in [3.63, 3.8) is 0 Å². The van der Waals surface area contributed by atoms with Gasteiger partial charge in [-0.15, -0.1) is 0 Å². The summed E-state index contributed by atoms with van der Waals surface area (Å²) in [4.78, 5) is 0. The van der Waals surface area contributed by atoms with Gasteiger partial charge in [0.25, 0.3) is 0 Å². The summed E-state index contributed by atoms with van der Waals surface area (Å²) in [7, 11) is 0. The molecule has 0 aliphatic rings. The molecule has 116 valence electrons. The largest absolute Gasteiger partial charge is 0.382 e. The third-order valence-corrected chi connectivity index (χ3v) is 3.74. The van der Waals surface area contributed by atoms with Gasteiger partial charge in [-0.25, -0.2) is 0 Å². The van der Waals surface area contributed by atoms with Gasteiger partial charge in [-0.3, -0.25) is 4.68 Å². The molecule has 4 heteroatoms. The lowest BCUT2D eigenvalue weighted by molar-refractivity contribution is 0.136. The highest BCUT2D eigenvalue weighted by molar-refractivity contribution is 5.02. The summed E-state index contributed by atoms with van der Waals surface area (Å²) >= 11 is 0. The van der Waals surface area contributed by atoms with Gasteiger partial charge in [0, 0.05) is 31.9 Å². The van der Waals surface area contributed by atoms with Crippen molar-refractivity contribution in [2.45, 2.75) is 65.5 Å². The zero-order chi connectivity index (χ0) is 14.8. The minimum Gasteiger partial charge on any atom is -0.382 e. The minimum absolute atomic E-state index is 0.455. The number of hydrogen-bond acceptors (Lipinski definition) is 3. The van der Waals surface area contributed by atoms with Crippen molar-refractivity contribution in [1.82, 2.24) is 15.1 Å². The van der Waals surface area contributed by atoms with Crippen LogP contribution in [-0.4, -0.2) is 35.6 Å². The van der Waals surface area contributed by atoms with Crippen LogP contribution in [0.2, 0.25) is 0 Å². The molecule has 0 aliphatic heterocycles. The van der Waals surface area contributed by atoms with Crippen LogP contribution in [0.3, 0.4) is 0 Å². The quantitative estimate of drug-likeness (QED) is 0.633. The van der Waals surface area contributed by atoms with Gasteiger partial charge in [0.2, 0.25) is 0 Å². The van der Waals surface area contributed by atoms with Crippen molar-refractivity contribution in [3.8, 4) is 0 Å². The second kappa shape index (κ2) is 9.94. The first-order chi connectivity index (χ1) is 9.74. The van der Waals surface area contributed by atoms with E-state index < -0.39 is 0 Å². The fraction of sp³-hybridized carbons (Fsp3) is 0.812. The fourth-order valence-corrected chi connectivity index (χ4v) is 2.54. The Balaban J connectivity index is 2.54. The zero-order valence-corrected chi connectivity index (χ0v) is 13.6. The van der Waals surface area contributed by atoms with E-state index in [0.717, 1.165) is 45.4 Å². The van der Waals surface area contributed by atoms with Crippen LogP contribution in [0, 0.1) is 0 Å². The number of rotatable bonds is 11. The van der Waals surface area contributed by atoms with Crippen molar-refractivity contribution in [3.05, 3.63) is 18.0 Å². The molecule has 0 saturated carbocycles. The number of hydrogen-bond donors (Lipinski definition) is 1. The predicted octanol–water partition coefficient (Wildman–Crippen LogP) is 3.19. The van der Waals surface area contributed by atoms with Crippen LogP contribution in [0.5, 0.6) is 0 Å². The summed E-state index contributed by atoms with van der Waals surface area (Å²) in [5.74, 6) is 0. The SMILES string of the molecule is CCNC(CCOCC)Cc1ccn(C(CC)CC)n1. The van der Waals surface area contributed by atoms with E-state index in [1.54, 1.807) is 0 Å². The first-order valence-electron chi connectivity index (χ1n) is 8.10. The van der Waals surface area contributed by atoms with Crippen LogP contribution in [0.15, 0.2) is 12.3 Å². The average Bonchev–Trinajstić information content (AvgIpc) is 2.89. The third-order valence-electron chi connectivity index (χ3n) is 3.74. The van der Waals surface area contributed by atoms with E-state index in [0.29, 0.717) is 12.1 Å². The third kappa shape index (κ3) is 5.63. The Kier molecular flexibility index (Phi) is 8.54. The Labute approximate surface area is 123 Å². The molecule has 20 heavy (non-hydrogen) atoms. The van der Waals surface area contributed by atoms with Crippen molar-refractivity contribution in [1.29, 1.82) is 0 Å². The van der Waals surface area contributed by atoms with E-state index in [1.165, 1.54) is 5.69 Å². The van der Waals surface area contributed by atoms with Crippen LogP contribution in [-0.2, 0) is 11.2 Å². The second-order valence-corrected chi connectivity index (χ2v) is 5.20. The highest BCUT2D eigenvalue weighted by Crippen LogP contribution is 2.15. The number of nitrogens with zero attached hydrogens (tertiary/aromatic N) is 2. The molecule has 0 amide bonds. The summed E-state index contributed by atoms with van der Waals surface area (Å²) in [5, 5.41) is 8.27. The van der Waals surface area contributed by atoms with E-state index in [-0.39, 0.29) is 0 Å². The molecule has 1 N–H and O–H groups in total. The van der Waals surface area contributed by atoms with Crippen LogP contribution in [0.1, 0.15) is 58.7 Å². The maximum absolute atomic E-state index is 5.46. The summed E-state index contributed by atoms with van der Waals surface area (Å²) in [5.41, 5.74) is 1.18. The normalized spacial score (nSPS) is 13.1. The number of nitrogens with one attached hydrogen (secondary N) is 1. The van der Waals surface area contributed by atoms with Crippen LogP contribution < -0.4 is 5.32 Å². The van der Waals surface area contributed by atoms with Gasteiger partial charge in [0.15, 0.2) is 0 Å². The molecule has 0 spiro atoms. The highest BCUT2D eigenvalue weighted by Gasteiger charge is 2.12. The Bertz CT molecular complexity index is 347. The van der Waals surface area contributed by atoms with E-state index in [2.05, 4.69) is 43.0 Å². The van der Waals surface area contributed by atoms with Gasteiger partial charge in [0.05, 0.1) is 11.7 Å². The summed E-state index contributed by atoms with van der Waals surface area (Å²) < 4.78 is 7.59. The monoisotopic (exact) mass is 281 g/mol. The Morgan fingerprint density at radius 1 is 1.25 bits per heavy atom. The second-order valence-electron chi connectivity index (χ2n) is 5.20. The van der Waals surface area contributed by atoms with Gasteiger partial charge in [-0.1, -0.05) is 20.8 Å². The van der Waals surface area contributed by atoms with E-state index >= 15 is 0 Å². The lowest BCUT2D eigenvalue weighted by Gasteiger charge is -2.17. The molecule has 0 bridgehead atoms. The van der Waals surface area contributed by atoms with Gasteiger partial charge in [-0.05, 0) is 38.8 Å². The number of ether oxygens (including phenoxy) is 1. The van der Waals surface area contributed by atoms with E-state index in [9.17, 15) is 0 Å². The lowest BCUT2D eigenvalue weighted by Crippen LogP contribution is -2.32. The molecule has 1 heterocycles. The van der Waals surface area contributed by atoms with Crippen LogP contribution >= 0.6 is 0 Å². The molecule has 0 aliphatic carbocycles. The molecule has 0 saturated heterocycles. The maximum atomic E-state index is 5.46. The smallest absolute Gasteiger partial charge is 0.0640 e. The molecule has 0 fully saturated rings. The molecular weight excluding hydrogens is 250 g/mol. The number of aromatic nitrogens is 2. The first kappa shape index (κ1) is 17.2. The average molecular weight is 281 g/mol. The molecule has 1 unspecified atom stereocenters. The van der Waals surface area contributed by atoms with Crippen molar-refractivity contribution in [2.24, 2.45) is 0 Å². The maximum Gasteiger partial charge on any atom is 0.0640 e. The molecule has 1 aromatic heterocycles. The zero-order valence-electron chi connectivity index (χ0n) is 13.6. The Morgan fingerprint density at radius 2 is 2.00 bits per heavy atom. The van der Waals surface area contributed by atoms with Gasteiger partial charge >= 0.3 is 0 Å². The van der Waals surface area contributed by atoms with Crippen molar-refractivity contribution in [2.75, 3.05) is 19.8 Å². The van der Waals surface area contributed by atoms with Gasteiger partial charge in [-0.2, -0.15) is 5.10 Å². The Hall–Kier alpha value is -0.870. The van der Waals surface area contributed by atoms with E-state index in [1.807, 2.05) is 6.92 Å². The molecule has 4 nitrogen and oxygen atoms in total. The van der Waals surface area contributed by atoms with Gasteiger partial charge in [0.1, 0.15) is 0 Å². The first-order valence-corrected chi connectivity index (χ1v) is 8.10. The molecule has 0 radical (unpaired) electrons. The van der Waals surface area contributed by atoms with Crippen LogP contribution in [0.25, 0.3) is 0 Å². The molecule has 1 atom stereocenters. The molecule has 1 aromatic rings. The standard InChI is InChI=1S/C16H31N3O/c1-5-16(6-2)19-11-9-15(18-19)13-14(17-7-3)10-12-20-8-4/h9,11,14,16-17H,5-8,10,12-13H2,1-4H3. The van der Waals surface area contributed by atoms with E-state index in [4.69, 9.17) is 9.84 Å². The summed E-state index contributed by atoms with van der Waals surface area (Å²) in [6.45, 7) is 11.2. The molecule has 1 rings (SSSR count). The summed E-state index contributed by atoms with van der Waals surface area (Å²) in [6.07, 6.45) is 6.42. The minimum atomic E-state index is 0.455. The number of likely N-dealkylation sites (N-methyl/N-ethyl adjacent to an activating group) is 1. The summed E-state index contributed by atoms with van der Waals surface area (Å²) in [6, 6.07) is 3.14. The van der Waals surface area contributed by atoms with Gasteiger partial charge < -0.3 is 10.1 Å².